The summed E-state index contributed by atoms with van der Waals surface area (Å²) in [5, 5.41) is 9.88. The Labute approximate surface area is 146 Å². The lowest BCUT2D eigenvalue weighted by atomic mass is 9.92. The maximum atomic E-state index is 12.5. The molecular weight excluding hydrogens is 320 g/mol. The van der Waals surface area contributed by atoms with Gasteiger partial charge in [-0.05, 0) is 31.4 Å². The summed E-state index contributed by atoms with van der Waals surface area (Å²) >= 11 is 0. The van der Waals surface area contributed by atoms with E-state index in [1.54, 1.807) is 12.3 Å². The van der Waals surface area contributed by atoms with Crippen molar-refractivity contribution in [3.8, 4) is 0 Å². The standard InChI is InChI=1S/C18H24N4O3/c1-2-4-14-9-13(10-16(23)21-14)18(24)19-11-12-5-3-8-25-17(12)15-6-7-20-22-15/h6-7,9-10,12,17H,2-5,8,11H2,1H3,(H,19,24)(H,20,22)(H,21,23)/t12-,17+/m0/s1. The fourth-order valence-electron chi connectivity index (χ4n) is 3.28. The first-order valence-corrected chi connectivity index (χ1v) is 8.79. The number of ether oxygens (including phenoxy) is 1. The minimum atomic E-state index is -0.243. The first kappa shape index (κ1) is 17.4. The van der Waals surface area contributed by atoms with E-state index < -0.39 is 0 Å². The minimum Gasteiger partial charge on any atom is -0.372 e. The van der Waals surface area contributed by atoms with E-state index in [9.17, 15) is 9.59 Å². The Morgan fingerprint density at radius 1 is 1.44 bits per heavy atom. The predicted molar refractivity (Wildman–Crippen MR) is 93.4 cm³/mol. The van der Waals surface area contributed by atoms with E-state index in [4.69, 9.17) is 4.74 Å². The summed E-state index contributed by atoms with van der Waals surface area (Å²) in [6, 6.07) is 5.00. The van der Waals surface area contributed by atoms with Crippen molar-refractivity contribution in [2.24, 2.45) is 5.92 Å². The highest BCUT2D eigenvalue weighted by atomic mass is 16.5. The van der Waals surface area contributed by atoms with Crippen LogP contribution in [0.1, 0.15) is 54.0 Å². The van der Waals surface area contributed by atoms with Crippen LogP contribution in [0.25, 0.3) is 0 Å². The maximum Gasteiger partial charge on any atom is 0.251 e. The van der Waals surface area contributed by atoms with Gasteiger partial charge in [-0.3, -0.25) is 14.7 Å². The average molecular weight is 344 g/mol. The third kappa shape index (κ3) is 4.36. The van der Waals surface area contributed by atoms with Gasteiger partial charge in [-0.1, -0.05) is 13.3 Å². The number of nitrogens with zero attached hydrogens (tertiary/aromatic N) is 1. The van der Waals surface area contributed by atoms with Gasteiger partial charge in [0.05, 0.1) is 5.69 Å². The van der Waals surface area contributed by atoms with Gasteiger partial charge in [-0.15, -0.1) is 0 Å². The van der Waals surface area contributed by atoms with Gasteiger partial charge in [0.2, 0.25) is 5.56 Å². The van der Waals surface area contributed by atoms with Crippen molar-refractivity contribution in [1.82, 2.24) is 20.5 Å². The van der Waals surface area contributed by atoms with Crippen LogP contribution in [0, 0.1) is 5.92 Å². The van der Waals surface area contributed by atoms with E-state index in [-0.39, 0.29) is 23.5 Å². The summed E-state index contributed by atoms with van der Waals surface area (Å²) < 4.78 is 5.87. The van der Waals surface area contributed by atoms with Crippen LogP contribution in [0.5, 0.6) is 0 Å². The van der Waals surface area contributed by atoms with Crippen molar-refractivity contribution >= 4 is 5.91 Å². The van der Waals surface area contributed by atoms with Crippen LogP contribution in [-0.4, -0.2) is 34.2 Å². The fraction of sp³-hybridized carbons (Fsp3) is 0.500. The second-order valence-electron chi connectivity index (χ2n) is 6.42. The number of rotatable bonds is 6. The molecule has 1 aliphatic heterocycles. The quantitative estimate of drug-likeness (QED) is 0.745. The summed E-state index contributed by atoms with van der Waals surface area (Å²) in [6.07, 6.45) is 5.21. The van der Waals surface area contributed by atoms with Gasteiger partial charge in [-0.25, -0.2) is 0 Å². The molecule has 1 amide bonds. The molecule has 0 unspecified atom stereocenters. The molecular formula is C18H24N4O3. The number of H-pyrrole nitrogens is 2. The molecule has 0 bridgehead atoms. The molecule has 0 radical (unpaired) electrons. The van der Waals surface area contributed by atoms with Gasteiger partial charge in [0, 0.05) is 42.6 Å². The van der Waals surface area contributed by atoms with Crippen molar-refractivity contribution in [3.05, 3.63) is 51.7 Å². The van der Waals surface area contributed by atoms with Crippen LogP contribution in [0.15, 0.2) is 29.2 Å². The Morgan fingerprint density at radius 3 is 3.08 bits per heavy atom. The minimum absolute atomic E-state index is 0.0913. The Hall–Kier alpha value is -2.41. The van der Waals surface area contributed by atoms with Gasteiger partial charge >= 0.3 is 0 Å². The van der Waals surface area contributed by atoms with E-state index in [2.05, 4.69) is 20.5 Å². The zero-order valence-corrected chi connectivity index (χ0v) is 14.4. The molecule has 1 saturated heterocycles. The van der Waals surface area contributed by atoms with Crippen molar-refractivity contribution in [2.45, 2.75) is 38.7 Å². The van der Waals surface area contributed by atoms with E-state index in [1.807, 2.05) is 13.0 Å². The topological polar surface area (TPSA) is 99.9 Å². The third-order valence-electron chi connectivity index (χ3n) is 4.48. The Morgan fingerprint density at radius 2 is 2.32 bits per heavy atom. The normalized spacial score (nSPS) is 20.4. The molecule has 7 nitrogen and oxygen atoms in total. The van der Waals surface area contributed by atoms with Crippen molar-refractivity contribution < 1.29 is 9.53 Å². The van der Waals surface area contributed by atoms with Gasteiger partial charge in [0.1, 0.15) is 6.10 Å². The summed E-state index contributed by atoms with van der Waals surface area (Å²) in [5.74, 6) is -0.0485. The molecule has 3 heterocycles. The van der Waals surface area contributed by atoms with Crippen LogP contribution >= 0.6 is 0 Å². The fourth-order valence-corrected chi connectivity index (χ4v) is 3.28. The van der Waals surface area contributed by atoms with Gasteiger partial charge in [0.25, 0.3) is 5.91 Å². The molecule has 1 fully saturated rings. The van der Waals surface area contributed by atoms with E-state index in [0.29, 0.717) is 18.7 Å². The molecule has 0 spiro atoms. The van der Waals surface area contributed by atoms with Crippen LogP contribution in [-0.2, 0) is 11.2 Å². The first-order valence-electron chi connectivity index (χ1n) is 8.79. The smallest absolute Gasteiger partial charge is 0.251 e. The highest BCUT2D eigenvalue weighted by Gasteiger charge is 2.28. The number of carbonyl (C=O) groups excluding carboxylic acids is 1. The summed E-state index contributed by atoms with van der Waals surface area (Å²) in [4.78, 5) is 27.0. The number of aromatic amines is 2. The lowest BCUT2D eigenvalue weighted by Gasteiger charge is -2.31. The SMILES string of the molecule is CCCc1cc(C(=O)NC[C@@H]2CCCO[C@H]2c2ccn[nH]2)cc(=O)[nH]1. The Bertz CT molecular complexity index is 754. The second-order valence-corrected chi connectivity index (χ2v) is 6.42. The number of aromatic nitrogens is 3. The zero-order valence-electron chi connectivity index (χ0n) is 14.4. The Kier molecular flexibility index (Phi) is 5.65. The predicted octanol–water partition coefficient (Wildman–Crippen LogP) is 1.95. The molecule has 2 atom stereocenters. The molecule has 7 heteroatoms. The monoisotopic (exact) mass is 344 g/mol. The van der Waals surface area contributed by atoms with E-state index >= 15 is 0 Å². The molecule has 3 rings (SSSR count). The number of aryl methyl sites for hydroxylation is 1. The van der Waals surface area contributed by atoms with Crippen LogP contribution in [0.2, 0.25) is 0 Å². The number of nitrogens with one attached hydrogen (secondary N) is 3. The van der Waals surface area contributed by atoms with Crippen molar-refractivity contribution in [3.63, 3.8) is 0 Å². The molecule has 0 saturated carbocycles. The molecule has 2 aromatic heterocycles. The van der Waals surface area contributed by atoms with Crippen LogP contribution in [0.4, 0.5) is 0 Å². The van der Waals surface area contributed by atoms with Gasteiger partial charge in [-0.2, -0.15) is 5.10 Å². The second kappa shape index (κ2) is 8.11. The summed E-state index contributed by atoms with van der Waals surface area (Å²) in [5.41, 5.74) is 1.88. The van der Waals surface area contributed by atoms with Crippen molar-refractivity contribution in [2.75, 3.05) is 13.2 Å². The maximum absolute atomic E-state index is 12.5. The number of hydrogen-bond donors (Lipinski definition) is 3. The third-order valence-corrected chi connectivity index (χ3v) is 4.48. The van der Waals surface area contributed by atoms with E-state index in [0.717, 1.165) is 37.1 Å². The van der Waals surface area contributed by atoms with Gasteiger partial charge in [0.15, 0.2) is 0 Å². The number of amides is 1. The molecule has 0 aromatic carbocycles. The molecule has 1 aliphatic rings. The largest absolute Gasteiger partial charge is 0.372 e. The Balaban J connectivity index is 1.66. The summed E-state index contributed by atoms with van der Waals surface area (Å²) in [7, 11) is 0. The lowest BCUT2D eigenvalue weighted by Crippen LogP contribution is -2.35. The van der Waals surface area contributed by atoms with Crippen LogP contribution < -0.4 is 10.9 Å². The highest BCUT2D eigenvalue weighted by Crippen LogP contribution is 2.31. The molecule has 134 valence electrons. The molecule has 3 N–H and O–H groups in total. The highest BCUT2D eigenvalue weighted by molar-refractivity contribution is 5.94. The summed E-state index contributed by atoms with van der Waals surface area (Å²) in [6.45, 7) is 3.24. The van der Waals surface area contributed by atoms with E-state index in [1.165, 1.54) is 6.07 Å². The lowest BCUT2D eigenvalue weighted by molar-refractivity contribution is -0.0297. The number of carbonyl (C=O) groups is 1. The first-order chi connectivity index (χ1) is 12.2. The molecule has 0 aliphatic carbocycles. The molecule has 2 aromatic rings. The van der Waals surface area contributed by atoms with Gasteiger partial charge < -0.3 is 15.0 Å². The number of pyridine rings is 1. The zero-order chi connectivity index (χ0) is 17.6. The molecule has 25 heavy (non-hydrogen) atoms. The average Bonchev–Trinajstić information content (AvgIpc) is 3.14. The van der Waals surface area contributed by atoms with Crippen molar-refractivity contribution in [1.29, 1.82) is 0 Å². The van der Waals surface area contributed by atoms with Crippen LogP contribution in [0.3, 0.4) is 0 Å². The number of hydrogen-bond acceptors (Lipinski definition) is 4.